The van der Waals surface area contributed by atoms with E-state index in [1.54, 1.807) is 25.1 Å². The topological polar surface area (TPSA) is 73.9 Å². The predicted octanol–water partition coefficient (Wildman–Crippen LogP) is 3.95. The van der Waals surface area contributed by atoms with Gasteiger partial charge in [-0.2, -0.15) is 0 Å². The van der Waals surface area contributed by atoms with E-state index in [1.165, 1.54) is 12.7 Å². The Morgan fingerprint density at radius 3 is 2.38 bits per heavy atom. The molecule has 1 N–H and O–H groups in total. The van der Waals surface area contributed by atoms with Crippen molar-refractivity contribution in [1.82, 2.24) is 5.32 Å². The fraction of sp³-hybridized carbons (Fsp3) is 0.391. The van der Waals surface area contributed by atoms with Gasteiger partial charge in [0, 0.05) is 12.5 Å². The summed E-state index contributed by atoms with van der Waals surface area (Å²) in [6.07, 6.45) is -0.0155. The van der Waals surface area contributed by atoms with Gasteiger partial charge in [0.05, 0.1) is 19.3 Å². The van der Waals surface area contributed by atoms with Gasteiger partial charge in [0.2, 0.25) is 0 Å². The van der Waals surface area contributed by atoms with Crippen LogP contribution in [0.1, 0.15) is 49.0 Å². The van der Waals surface area contributed by atoms with Gasteiger partial charge < -0.3 is 19.5 Å². The van der Waals surface area contributed by atoms with E-state index in [-0.39, 0.29) is 11.8 Å². The zero-order valence-electron chi connectivity index (χ0n) is 17.4. The number of ether oxygens (including phenoxy) is 3. The first-order valence-corrected chi connectivity index (χ1v) is 9.84. The molecular weight excluding hydrogens is 370 g/mol. The van der Waals surface area contributed by atoms with Crippen molar-refractivity contribution in [3.63, 3.8) is 0 Å². The summed E-state index contributed by atoms with van der Waals surface area (Å²) in [5, 5.41) is 2.88. The Bertz CT molecular complexity index is 806. The van der Waals surface area contributed by atoms with Crippen LogP contribution in [0.3, 0.4) is 0 Å². The molecule has 0 unspecified atom stereocenters. The van der Waals surface area contributed by atoms with Crippen molar-refractivity contribution in [2.24, 2.45) is 0 Å². The molecule has 0 saturated heterocycles. The third kappa shape index (κ3) is 6.24. The van der Waals surface area contributed by atoms with E-state index in [9.17, 15) is 9.59 Å². The highest BCUT2D eigenvalue weighted by Crippen LogP contribution is 2.28. The molecule has 0 spiro atoms. The fourth-order valence-corrected chi connectivity index (χ4v) is 2.94. The number of methoxy groups -OCH3 is 1. The standard InChI is InChI=1S/C23H29NO5/c1-5-17(18-10-8-7-9-11-18)15-24-22(25)16(3)29-23(26)19-12-13-20(27-4)21(14-19)28-6-2/h7-14,16-17H,5-6,15H2,1-4H3,(H,24,25)/t16-,17-/m0/s1. The summed E-state index contributed by atoms with van der Waals surface area (Å²) >= 11 is 0. The molecular formula is C23H29NO5. The molecule has 0 aliphatic carbocycles. The van der Waals surface area contributed by atoms with E-state index in [2.05, 4.69) is 12.2 Å². The van der Waals surface area contributed by atoms with Crippen LogP contribution in [0.5, 0.6) is 11.5 Å². The lowest BCUT2D eigenvalue weighted by atomic mass is 9.96. The summed E-state index contributed by atoms with van der Waals surface area (Å²) in [4.78, 5) is 24.8. The number of hydrogen-bond acceptors (Lipinski definition) is 5. The lowest BCUT2D eigenvalue weighted by Gasteiger charge is -2.19. The van der Waals surface area contributed by atoms with Gasteiger partial charge in [-0.1, -0.05) is 37.3 Å². The van der Waals surface area contributed by atoms with Crippen LogP contribution in [-0.2, 0) is 9.53 Å². The Balaban J connectivity index is 1.95. The third-order valence-electron chi connectivity index (χ3n) is 4.64. The van der Waals surface area contributed by atoms with Gasteiger partial charge in [-0.3, -0.25) is 4.79 Å². The molecule has 0 aliphatic heterocycles. The first-order chi connectivity index (χ1) is 14.0. The molecule has 2 rings (SSSR count). The summed E-state index contributed by atoms with van der Waals surface area (Å²) in [6, 6.07) is 14.8. The second-order valence-electron chi connectivity index (χ2n) is 6.61. The van der Waals surface area contributed by atoms with Crippen LogP contribution in [-0.4, -0.2) is 38.2 Å². The number of hydrogen-bond donors (Lipinski definition) is 1. The van der Waals surface area contributed by atoms with Gasteiger partial charge in [-0.25, -0.2) is 4.79 Å². The molecule has 0 aliphatic rings. The molecule has 2 aromatic rings. The van der Waals surface area contributed by atoms with Gasteiger partial charge in [0.1, 0.15) is 0 Å². The summed E-state index contributed by atoms with van der Waals surface area (Å²) < 4.78 is 16.0. The second-order valence-corrected chi connectivity index (χ2v) is 6.61. The van der Waals surface area contributed by atoms with Crippen molar-refractivity contribution in [2.75, 3.05) is 20.3 Å². The van der Waals surface area contributed by atoms with Crippen molar-refractivity contribution < 1.29 is 23.8 Å². The van der Waals surface area contributed by atoms with Gasteiger partial charge in [-0.15, -0.1) is 0 Å². The highest BCUT2D eigenvalue weighted by atomic mass is 16.5. The first kappa shape index (κ1) is 22.3. The zero-order valence-corrected chi connectivity index (χ0v) is 17.4. The molecule has 156 valence electrons. The third-order valence-corrected chi connectivity index (χ3v) is 4.64. The number of nitrogens with one attached hydrogen (secondary N) is 1. The Labute approximate surface area is 172 Å². The average Bonchev–Trinajstić information content (AvgIpc) is 2.74. The van der Waals surface area contributed by atoms with Crippen LogP contribution in [0, 0.1) is 0 Å². The Morgan fingerprint density at radius 1 is 1.03 bits per heavy atom. The average molecular weight is 399 g/mol. The maximum atomic E-state index is 12.4. The lowest BCUT2D eigenvalue weighted by Crippen LogP contribution is -2.38. The van der Waals surface area contributed by atoms with Gasteiger partial charge in [0.15, 0.2) is 17.6 Å². The summed E-state index contributed by atoms with van der Waals surface area (Å²) in [5.74, 6) is 0.270. The molecule has 6 nitrogen and oxygen atoms in total. The van der Waals surface area contributed by atoms with E-state index in [1.807, 2.05) is 37.3 Å². The molecule has 0 radical (unpaired) electrons. The predicted molar refractivity (Wildman–Crippen MR) is 112 cm³/mol. The van der Waals surface area contributed by atoms with E-state index < -0.39 is 12.1 Å². The largest absolute Gasteiger partial charge is 0.493 e. The van der Waals surface area contributed by atoms with Gasteiger partial charge in [-0.05, 0) is 44.0 Å². The number of carbonyl (C=O) groups is 2. The zero-order chi connectivity index (χ0) is 21.2. The molecule has 0 fully saturated rings. The van der Waals surface area contributed by atoms with Gasteiger partial charge >= 0.3 is 5.97 Å². The number of rotatable bonds is 10. The van der Waals surface area contributed by atoms with E-state index in [4.69, 9.17) is 14.2 Å². The maximum absolute atomic E-state index is 12.4. The summed E-state index contributed by atoms with van der Waals surface area (Å²) in [5.41, 5.74) is 1.46. The van der Waals surface area contributed by atoms with Crippen molar-refractivity contribution in [1.29, 1.82) is 0 Å². The number of benzene rings is 2. The number of amides is 1. The SMILES string of the molecule is CCOc1cc(C(=O)O[C@@H](C)C(=O)NC[C@H](CC)c2ccccc2)ccc1OC. The van der Waals surface area contributed by atoms with Gasteiger partial charge in [0.25, 0.3) is 5.91 Å². The quantitative estimate of drug-likeness (QED) is 0.613. The lowest BCUT2D eigenvalue weighted by molar-refractivity contribution is -0.129. The maximum Gasteiger partial charge on any atom is 0.339 e. The Kier molecular flexibility index (Phi) is 8.52. The molecule has 1 amide bonds. The second kappa shape index (κ2) is 11.1. The van der Waals surface area contributed by atoms with E-state index in [0.29, 0.717) is 30.2 Å². The van der Waals surface area contributed by atoms with Crippen LogP contribution in [0.15, 0.2) is 48.5 Å². The van der Waals surface area contributed by atoms with Crippen molar-refractivity contribution in [2.45, 2.75) is 39.2 Å². The molecule has 0 heterocycles. The van der Waals surface area contributed by atoms with Crippen LogP contribution in [0.2, 0.25) is 0 Å². The summed E-state index contributed by atoms with van der Waals surface area (Å²) in [6.45, 7) is 6.40. The molecule has 0 saturated carbocycles. The minimum atomic E-state index is -0.909. The minimum Gasteiger partial charge on any atom is -0.493 e. The first-order valence-electron chi connectivity index (χ1n) is 9.84. The molecule has 0 bridgehead atoms. The molecule has 2 aromatic carbocycles. The van der Waals surface area contributed by atoms with Crippen LogP contribution < -0.4 is 14.8 Å². The Hall–Kier alpha value is -3.02. The van der Waals surface area contributed by atoms with Crippen LogP contribution in [0.4, 0.5) is 0 Å². The molecule has 6 heteroatoms. The Morgan fingerprint density at radius 2 is 1.76 bits per heavy atom. The van der Waals surface area contributed by atoms with Crippen LogP contribution >= 0.6 is 0 Å². The summed E-state index contributed by atoms with van der Waals surface area (Å²) in [7, 11) is 1.53. The van der Waals surface area contributed by atoms with E-state index >= 15 is 0 Å². The van der Waals surface area contributed by atoms with Crippen molar-refractivity contribution in [3.05, 3.63) is 59.7 Å². The fourth-order valence-electron chi connectivity index (χ4n) is 2.94. The molecule has 29 heavy (non-hydrogen) atoms. The smallest absolute Gasteiger partial charge is 0.339 e. The normalized spacial score (nSPS) is 12.6. The number of esters is 1. The van der Waals surface area contributed by atoms with Crippen LogP contribution in [0.25, 0.3) is 0 Å². The van der Waals surface area contributed by atoms with Crippen molar-refractivity contribution >= 4 is 11.9 Å². The molecule has 2 atom stereocenters. The minimum absolute atomic E-state index is 0.207. The van der Waals surface area contributed by atoms with Crippen molar-refractivity contribution in [3.8, 4) is 11.5 Å². The van der Waals surface area contributed by atoms with E-state index in [0.717, 1.165) is 6.42 Å². The number of carbonyl (C=O) groups excluding carboxylic acids is 2. The monoisotopic (exact) mass is 399 g/mol. The highest BCUT2D eigenvalue weighted by molar-refractivity contribution is 5.92. The highest BCUT2D eigenvalue weighted by Gasteiger charge is 2.21. The molecule has 0 aromatic heterocycles.